The van der Waals surface area contributed by atoms with Gasteiger partial charge in [-0.15, -0.1) is 0 Å². The molecule has 0 N–H and O–H groups in total. The summed E-state index contributed by atoms with van der Waals surface area (Å²) in [5.41, 5.74) is 1.31. The summed E-state index contributed by atoms with van der Waals surface area (Å²) in [6, 6.07) is 17.7. The number of rotatable bonds is 8. The van der Waals surface area contributed by atoms with E-state index in [1.807, 2.05) is 38.1 Å². The van der Waals surface area contributed by atoms with E-state index >= 15 is 0 Å². The van der Waals surface area contributed by atoms with Crippen LogP contribution in [0.1, 0.15) is 19.5 Å². The van der Waals surface area contributed by atoms with E-state index in [0.29, 0.717) is 23.7 Å². The lowest BCUT2D eigenvalue weighted by atomic mass is 10.1. The number of nitrogens with zero attached hydrogens (tertiary/aromatic N) is 2. The molecule has 0 spiro atoms. The van der Waals surface area contributed by atoms with Crippen LogP contribution in [0.3, 0.4) is 0 Å². The van der Waals surface area contributed by atoms with Crippen molar-refractivity contribution in [1.82, 2.24) is 9.46 Å². The molecule has 6 nitrogen and oxygen atoms in total. The molecule has 0 saturated carbocycles. The number of para-hydroxylation sites is 1. The lowest BCUT2D eigenvalue weighted by Gasteiger charge is -2.23. The molecule has 0 aliphatic heterocycles. The van der Waals surface area contributed by atoms with E-state index in [9.17, 15) is 8.42 Å². The third-order valence-electron chi connectivity index (χ3n) is 4.22. The molecule has 1 aromatic heterocycles. The van der Waals surface area contributed by atoms with E-state index in [4.69, 9.17) is 9.26 Å². The van der Waals surface area contributed by atoms with Crippen LogP contribution in [0.4, 0.5) is 0 Å². The maximum absolute atomic E-state index is 13.1. The fourth-order valence-corrected chi connectivity index (χ4v) is 4.53. The summed E-state index contributed by atoms with van der Waals surface area (Å²) in [5, 5.41) is 4.09. The molecule has 2 aromatic carbocycles. The van der Waals surface area contributed by atoms with Crippen molar-refractivity contribution in [2.45, 2.75) is 25.3 Å². The van der Waals surface area contributed by atoms with E-state index in [1.165, 1.54) is 4.31 Å². The second-order valence-corrected chi connectivity index (χ2v) is 8.83. The number of methoxy groups -OCH3 is 1. The van der Waals surface area contributed by atoms with Gasteiger partial charge in [-0.05, 0) is 30.2 Å². The third-order valence-corrected chi connectivity index (χ3v) is 6.05. The highest BCUT2D eigenvalue weighted by Crippen LogP contribution is 2.30. The van der Waals surface area contributed by atoms with E-state index in [1.54, 1.807) is 43.5 Å². The number of aromatic nitrogens is 1. The topological polar surface area (TPSA) is 72.6 Å². The van der Waals surface area contributed by atoms with Crippen molar-refractivity contribution in [2.75, 3.05) is 13.7 Å². The largest absolute Gasteiger partial charge is 0.496 e. The molecule has 3 rings (SSSR count). The number of benzene rings is 2. The van der Waals surface area contributed by atoms with Crippen molar-refractivity contribution >= 4 is 10.0 Å². The highest BCUT2D eigenvalue weighted by molar-refractivity contribution is 7.89. The van der Waals surface area contributed by atoms with Gasteiger partial charge in [0.05, 0.1) is 29.8 Å². The van der Waals surface area contributed by atoms with Crippen molar-refractivity contribution in [2.24, 2.45) is 5.92 Å². The first-order valence-electron chi connectivity index (χ1n) is 9.06. The quantitative estimate of drug-likeness (QED) is 0.567. The van der Waals surface area contributed by atoms with E-state index in [2.05, 4.69) is 5.16 Å². The fraction of sp³-hybridized carbons (Fsp3) is 0.286. The Labute approximate surface area is 165 Å². The molecule has 0 saturated heterocycles. The number of hydrogen-bond acceptors (Lipinski definition) is 5. The number of ether oxygens (including phenoxy) is 1. The highest BCUT2D eigenvalue weighted by atomic mass is 32.2. The van der Waals surface area contributed by atoms with Gasteiger partial charge < -0.3 is 9.26 Å². The smallest absolute Gasteiger partial charge is 0.243 e. The molecule has 0 atom stereocenters. The minimum Gasteiger partial charge on any atom is -0.496 e. The molecular weight excluding hydrogens is 376 g/mol. The molecule has 7 heteroatoms. The Balaban J connectivity index is 1.90. The summed E-state index contributed by atoms with van der Waals surface area (Å²) in [7, 11) is -2.05. The Morgan fingerprint density at radius 1 is 1.07 bits per heavy atom. The Morgan fingerprint density at radius 2 is 1.75 bits per heavy atom. The predicted octanol–water partition coefficient (Wildman–Crippen LogP) is 4.20. The summed E-state index contributed by atoms with van der Waals surface area (Å²) in [6.45, 7) is 4.48. The monoisotopic (exact) mass is 400 g/mol. The number of hydrogen-bond donors (Lipinski definition) is 0. The van der Waals surface area contributed by atoms with E-state index in [-0.39, 0.29) is 17.4 Å². The molecule has 1 heterocycles. The Hall–Kier alpha value is -2.64. The summed E-state index contributed by atoms with van der Waals surface area (Å²) in [5.74, 6) is 1.37. The van der Waals surface area contributed by atoms with Crippen molar-refractivity contribution < 1.29 is 17.7 Å². The molecule has 0 unspecified atom stereocenters. The minimum atomic E-state index is -3.64. The maximum atomic E-state index is 13.1. The van der Waals surface area contributed by atoms with E-state index in [0.717, 1.165) is 5.56 Å². The summed E-state index contributed by atoms with van der Waals surface area (Å²) < 4.78 is 38.5. The first-order valence-corrected chi connectivity index (χ1v) is 10.5. The Morgan fingerprint density at radius 3 is 2.43 bits per heavy atom. The zero-order valence-electron chi connectivity index (χ0n) is 16.2. The zero-order chi connectivity index (χ0) is 20.1. The Kier molecular flexibility index (Phi) is 6.16. The first-order chi connectivity index (χ1) is 13.4. The normalized spacial score (nSPS) is 11.9. The van der Waals surface area contributed by atoms with Crippen LogP contribution in [0.25, 0.3) is 11.3 Å². The third kappa shape index (κ3) is 4.43. The standard InChI is InChI=1S/C21H24N2O4S/c1-16(2)14-23(28(24,25)18-9-5-4-6-10-18)15-17-13-21(27-22-17)19-11-7-8-12-20(19)26-3/h4-13,16H,14-15H2,1-3H3. The van der Waals surface area contributed by atoms with Crippen molar-refractivity contribution in [1.29, 1.82) is 0 Å². The highest BCUT2D eigenvalue weighted by Gasteiger charge is 2.26. The SMILES string of the molecule is COc1ccccc1-c1cc(CN(CC(C)C)S(=O)(=O)c2ccccc2)no1. The van der Waals surface area contributed by atoms with Crippen LogP contribution in [0.5, 0.6) is 5.75 Å². The predicted molar refractivity (Wildman–Crippen MR) is 107 cm³/mol. The average Bonchev–Trinajstić information content (AvgIpc) is 3.16. The molecule has 0 aliphatic rings. The van der Waals surface area contributed by atoms with Crippen molar-refractivity contribution in [3.8, 4) is 17.1 Å². The summed E-state index contributed by atoms with van der Waals surface area (Å²) >= 11 is 0. The van der Waals surface area contributed by atoms with Gasteiger partial charge in [0, 0.05) is 12.6 Å². The summed E-state index contributed by atoms with van der Waals surface area (Å²) in [4.78, 5) is 0.268. The number of sulfonamides is 1. The van der Waals surface area contributed by atoms with Crippen LogP contribution in [0.15, 0.2) is 70.1 Å². The van der Waals surface area contributed by atoms with Crippen molar-refractivity contribution in [3.05, 3.63) is 66.4 Å². The summed E-state index contributed by atoms with van der Waals surface area (Å²) in [6.07, 6.45) is 0. The minimum absolute atomic E-state index is 0.133. The van der Waals surface area contributed by atoms with Gasteiger partial charge in [0.2, 0.25) is 10.0 Å². The van der Waals surface area contributed by atoms with Gasteiger partial charge in [-0.25, -0.2) is 8.42 Å². The molecule has 0 fully saturated rings. The van der Waals surface area contributed by atoms with E-state index < -0.39 is 10.0 Å². The van der Waals surface area contributed by atoms with Crippen LogP contribution in [0, 0.1) is 5.92 Å². The first kappa shape index (κ1) is 20.1. The van der Waals surface area contributed by atoms with Gasteiger partial charge in [0.1, 0.15) is 5.75 Å². The molecule has 148 valence electrons. The van der Waals surface area contributed by atoms with Gasteiger partial charge >= 0.3 is 0 Å². The second-order valence-electron chi connectivity index (χ2n) is 6.89. The van der Waals surface area contributed by atoms with Crippen LogP contribution in [-0.2, 0) is 16.6 Å². The lowest BCUT2D eigenvalue weighted by molar-refractivity contribution is 0.345. The maximum Gasteiger partial charge on any atom is 0.243 e. The van der Waals surface area contributed by atoms with Crippen LogP contribution in [-0.4, -0.2) is 31.5 Å². The average molecular weight is 401 g/mol. The van der Waals surface area contributed by atoms with Gasteiger partial charge in [-0.3, -0.25) is 0 Å². The molecule has 3 aromatic rings. The van der Waals surface area contributed by atoms with Gasteiger partial charge in [0.15, 0.2) is 5.76 Å². The van der Waals surface area contributed by atoms with Crippen molar-refractivity contribution in [3.63, 3.8) is 0 Å². The van der Waals surface area contributed by atoms with Gasteiger partial charge in [-0.1, -0.05) is 49.3 Å². The molecule has 0 aliphatic carbocycles. The lowest BCUT2D eigenvalue weighted by Crippen LogP contribution is -2.33. The zero-order valence-corrected chi connectivity index (χ0v) is 17.0. The molecular formula is C21H24N2O4S. The van der Waals surface area contributed by atoms with Crippen LogP contribution >= 0.6 is 0 Å². The molecule has 0 radical (unpaired) electrons. The molecule has 28 heavy (non-hydrogen) atoms. The fourth-order valence-electron chi connectivity index (χ4n) is 2.94. The van der Waals surface area contributed by atoms with Crippen LogP contribution < -0.4 is 4.74 Å². The Bertz CT molecular complexity index is 1010. The second kappa shape index (κ2) is 8.58. The molecule has 0 bridgehead atoms. The van der Waals surface area contributed by atoms with Crippen LogP contribution in [0.2, 0.25) is 0 Å². The molecule has 0 amide bonds. The van der Waals surface area contributed by atoms with Gasteiger partial charge in [-0.2, -0.15) is 4.31 Å². The van der Waals surface area contributed by atoms with Gasteiger partial charge in [0.25, 0.3) is 0 Å².